The van der Waals surface area contributed by atoms with Crippen LogP contribution in [0.4, 0.5) is 17.1 Å². The predicted octanol–water partition coefficient (Wildman–Crippen LogP) is 3.44. The molecule has 47 heavy (non-hydrogen) atoms. The maximum absolute atomic E-state index is 13.8. The van der Waals surface area contributed by atoms with Crippen LogP contribution in [0.1, 0.15) is 25.0 Å². The molecular formula is C36H31N3O8. The molecule has 0 spiro atoms. The third-order valence-electron chi connectivity index (χ3n) is 9.23. The molecule has 11 heteroatoms. The van der Waals surface area contributed by atoms with Crippen LogP contribution >= 0.6 is 0 Å². The molecule has 4 aliphatic heterocycles. The quantitative estimate of drug-likeness (QED) is 0.259. The lowest BCUT2D eigenvalue weighted by Gasteiger charge is -2.21. The SMILES string of the molecule is CC1C(=O)N(c2ccc(Cc3ccc(N4C(=O)C=CC4=O)cc3)cc2)C(=O)C1C1C(=O)N(c2ccc(OCC3CO3)cc2)C(=O)C1C. The van der Waals surface area contributed by atoms with Crippen molar-refractivity contribution in [1.29, 1.82) is 0 Å². The van der Waals surface area contributed by atoms with Crippen molar-refractivity contribution < 1.29 is 38.2 Å². The highest BCUT2D eigenvalue weighted by atomic mass is 16.6. The number of rotatable bonds is 9. The largest absolute Gasteiger partial charge is 0.491 e. The van der Waals surface area contributed by atoms with Crippen LogP contribution in [0.5, 0.6) is 5.75 Å². The van der Waals surface area contributed by atoms with E-state index in [-0.39, 0.29) is 17.9 Å². The first-order chi connectivity index (χ1) is 22.6. The van der Waals surface area contributed by atoms with E-state index in [1.807, 2.05) is 24.3 Å². The van der Waals surface area contributed by atoms with E-state index >= 15 is 0 Å². The predicted molar refractivity (Wildman–Crippen MR) is 169 cm³/mol. The number of hydrogen-bond acceptors (Lipinski definition) is 8. The topological polar surface area (TPSA) is 134 Å². The van der Waals surface area contributed by atoms with Gasteiger partial charge in [0.15, 0.2) is 0 Å². The Morgan fingerprint density at radius 3 is 1.43 bits per heavy atom. The summed E-state index contributed by atoms with van der Waals surface area (Å²) in [5.41, 5.74) is 3.11. The Labute approximate surface area is 270 Å². The van der Waals surface area contributed by atoms with Crippen LogP contribution in [0.25, 0.3) is 0 Å². The van der Waals surface area contributed by atoms with Crippen molar-refractivity contribution in [2.24, 2.45) is 23.7 Å². The van der Waals surface area contributed by atoms with Crippen molar-refractivity contribution >= 4 is 52.5 Å². The Bertz CT molecular complexity index is 1810. The lowest BCUT2D eigenvalue weighted by molar-refractivity contribution is -0.130. The summed E-state index contributed by atoms with van der Waals surface area (Å²) in [6, 6.07) is 20.7. The molecule has 3 aromatic carbocycles. The van der Waals surface area contributed by atoms with Gasteiger partial charge >= 0.3 is 0 Å². The monoisotopic (exact) mass is 633 g/mol. The maximum atomic E-state index is 13.8. The van der Waals surface area contributed by atoms with Crippen LogP contribution in [0.2, 0.25) is 0 Å². The third-order valence-corrected chi connectivity index (χ3v) is 9.23. The zero-order chi connectivity index (χ0) is 33.0. The molecule has 0 aromatic heterocycles. The summed E-state index contributed by atoms with van der Waals surface area (Å²) in [6.45, 7) is 4.35. The minimum absolute atomic E-state index is 0.0923. The van der Waals surface area contributed by atoms with E-state index in [4.69, 9.17) is 9.47 Å². The summed E-state index contributed by atoms with van der Waals surface area (Å²) >= 11 is 0. The maximum Gasteiger partial charge on any atom is 0.258 e. The van der Waals surface area contributed by atoms with Crippen LogP contribution in [-0.4, -0.2) is 54.8 Å². The number of amides is 6. The summed E-state index contributed by atoms with van der Waals surface area (Å²) < 4.78 is 10.8. The smallest absolute Gasteiger partial charge is 0.258 e. The van der Waals surface area contributed by atoms with Crippen molar-refractivity contribution in [2.45, 2.75) is 26.4 Å². The first kappa shape index (κ1) is 30.2. The lowest BCUT2D eigenvalue weighted by Crippen LogP contribution is -2.37. The van der Waals surface area contributed by atoms with Gasteiger partial charge in [-0.05, 0) is 66.1 Å². The fourth-order valence-corrected chi connectivity index (χ4v) is 6.56. The molecule has 238 valence electrons. The molecule has 0 radical (unpaired) electrons. The number of nitrogens with zero attached hydrogens (tertiary/aromatic N) is 3. The van der Waals surface area contributed by atoms with Crippen molar-refractivity contribution in [3.8, 4) is 5.75 Å². The van der Waals surface area contributed by atoms with Gasteiger partial charge in [-0.25, -0.2) is 4.90 Å². The molecule has 4 heterocycles. The zero-order valence-corrected chi connectivity index (χ0v) is 25.7. The Hall–Kier alpha value is -5.42. The Kier molecular flexibility index (Phi) is 7.56. The fourth-order valence-electron chi connectivity index (χ4n) is 6.56. The van der Waals surface area contributed by atoms with Gasteiger partial charge in [0.1, 0.15) is 18.5 Å². The number of carbonyl (C=O) groups is 6. The van der Waals surface area contributed by atoms with Gasteiger partial charge in [0.05, 0.1) is 35.5 Å². The molecule has 3 saturated heterocycles. The standard InChI is InChI=1S/C36H31N3O8/c1-20-31(32-21(2)34(43)39(36(32)45)26-11-13-27(14-12-26)46-18-28-19-47-28)35(44)38(33(20)42)25-9-5-23(6-10-25)17-22-3-7-24(8-4-22)37-29(40)15-16-30(37)41/h3-16,20-21,28,31-32H,17-19H2,1-2H3. The molecule has 5 unspecified atom stereocenters. The number of imide groups is 3. The van der Waals surface area contributed by atoms with E-state index in [9.17, 15) is 28.8 Å². The average Bonchev–Trinajstić information content (AvgIpc) is 3.76. The molecule has 11 nitrogen and oxygen atoms in total. The zero-order valence-electron chi connectivity index (χ0n) is 25.7. The fraction of sp³-hybridized carbons (Fsp3) is 0.278. The molecule has 6 amide bonds. The second-order valence-electron chi connectivity index (χ2n) is 12.3. The first-order valence-electron chi connectivity index (χ1n) is 15.5. The van der Waals surface area contributed by atoms with Crippen LogP contribution in [-0.2, 0) is 39.9 Å². The van der Waals surface area contributed by atoms with Gasteiger partial charge < -0.3 is 9.47 Å². The van der Waals surface area contributed by atoms with E-state index in [0.29, 0.717) is 42.4 Å². The molecule has 5 atom stereocenters. The number of hydrogen-bond donors (Lipinski definition) is 0. The average molecular weight is 634 g/mol. The highest BCUT2D eigenvalue weighted by molar-refractivity contribution is 6.28. The Balaban J connectivity index is 1.04. The van der Waals surface area contributed by atoms with E-state index in [2.05, 4.69) is 0 Å². The summed E-state index contributed by atoms with van der Waals surface area (Å²) in [5, 5.41) is 0. The van der Waals surface area contributed by atoms with Crippen LogP contribution < -0.4 is 19.4 Å². The molecule has 7 rings (SSSR count). The number of epoxide rings is 1. The first-order valence-corrected chi connectivity index (χ1v) is 15.5. The van der Waals surface area contributed by atoms with Gasteiger partial charge in [-0.2, -0.15) is 0 Å². The van der Waals surface area contributed by atoms with Gasteiger partial charge in [0.2, 0.25) is 23.6 Å². The van der Waals surface area contributed by atoms with Crippen molar-refractivity contribution in [2.75, 3.05) is 27.9 Å². The summed E-state index contributed by atoms with van der Waals surface area (Å²) in [5.74, 6) is -5.57. The minimum atomic E-state index is -0.983. The van der Waals surface area contributed by atoms with Gasteiger partial charge in [-0.1, -0.05) is 38.1 Å². The lowest BCUT2D eigenvalue weighted by atomic mass is 9.78. The summed E-state index contributed by atoms with van der Waals surface area (Å²) in [4.78, 5) is 81.6. The molecule has 3 fully saturated rings. The van der Waals surface area contributed by atoms with Gasteiger partial charge in [-0.3, -0.25) is 38.6 Å². The van der Waals surface area contributed by atoms with Crippen LogP contribution in [0.3, 0.4) is 0 Å². The second kappa shape index (κ2) is 11.7. The Morgan fingerprint density at radius 2 is 1.00 bits per heavy atom. The van der Waals surface area contributed by atoms with E-state index in [1.165, 1.54) is 12.2 Å². The van der Waals surface area contributed by atoms with Crippen LogP contribution in [0.15, 0.2) is 84.9 Å². The van der Waals surface area contributed by atoms with E-state index in [0.717, 1.165) is 25.8 Å². The van der Waals surface area contributed by atoms with Crippen molar-refractivity contribution in [3.05, 3.63) is 96.1 Å². The minimum Gasteiger partial charge on any atom is -0.491 e. The molecular weight excluding hydrogens is 602 g/mol. The van der Waals surface area contributed by atoms with Crippen molar-refractivity contribution in [1.82, 2.24) is 0 Å². The van der Waals surface area contributed by atoms with Gasteiger partial charge in [0, 0.05) is 24.0 Å². The molecule has 4 aliphatic rings. The number of benzene rings is 3. The van der Waals surface area contributed by atoms with Crippen LogP contribution in [0, 0.1) is 23.7 Å². The highest BCUT2D eigenvalue weighted by Gasteiger charge is 2.58. The van der Waals surface area contributed by atoms with Gasteiger partial charge in [0.25, 0.3) is 11.8 Å². The normalized spacial score (nSPS) is 25.5. The number of ether oxygens (including phenoxy) is 2. The number of anilines is 3. The molecule has 0 saturated carbocycles. The van der Waals surface area contributed by atoms with E-state index < -0.39 is 47.3 Å². The van der Waals surface area contributed by atoms with E-state index in [1.54, 1.807) is 62.4 Å². The van der Waals surface area contributed by atoms with Crippen molar-refractivity contribution in [3.63, 3.8) is 0 Å². The molecule has 0 bridgehead atoms. The summed E-state index contributed by atoms with van der Waals surface area (Å²) in [6.07, 6.45) is 3.10. The van der Waals surface area contributed by atoms with Gasteiger partial charge in [-0.15, -0.1) is 0 Å². The molecule has 0 aliphatic carbocycles. The molecule has 0 N–H and O–H groups in total. The molecule has 3 aromatic rings. The highest BCUT2D eigenvalue weighted by Crippen LogP contribution is 2.43. The second-order valence-corrected chi connectivity index (χ2v) is 12.3. The third kappa shape index (κ3) is 5.42. The number of carbonyl (C=O) groups excluding carboxylic acids is 6. The summed E-state index contributed by atoms with van der Waals surface area (Å²) in [7, 11) is 0. The Morgan fingerprint density at radius 1 is 0.596 bits per heavy atom.